The highest BCUT2D eigenvalue weighted by molar-refractivity contribution is 5.92. The van der Waals surface area contributed by atoms with Crippen LogP contribution in [0.5, 0.6) is 0 Å². The van der Waals surface area contributed by atoms with E-state index in [4.69, 9.17) is 4.74 Å². The Morgan fingerprint density at radius 2 is 1.95 bits per heavy atom. The first-order valence-electron chi connectivity index (χ1n) is 7.32. The Balaban J connectivity index is 1.80. The van der Waals surface area contributed by atoms with Crippen molar-refractivity contribution < 1.29 is 14.6 Å². The molecule has 5 nitrogen and oxygen atoms in total. The summed E-state index contributed by atoms with van der Waals surface area (Å²) >= 11 is 0. The molecular weight excluding hydrogens is 268 g/mol. The molecule has 0 aromatic heterocycles. The Bertz CT molecular complexity index is 467. The van der Waals surface area contributed by atoms with Crippen LogP contribution in [-0.2, 0) is 9.53 Å². The first kappa shape index (κ1) is 15.9. The molecule has 1 aliphatic heterocycles. The first-order chi connectivity index (χ1) is 9.97. The maximum absolute atomic E-state index is 12.0. The van der Waals surface area contributed by atoms with Crippen molar-refractivity contribution in [2.45, 2.75) is 25.4 Å². The summed E-state index contributed by atoms with van der Waals surface area (Å²) in [5.74, 6) is -0.0722. The van der Waals surface area contributed by atoms with Crippen molar-refractivity contribution in [1.82, 2.24) is 4.90 Å². The zero-order valence-corrected chi connectivity index (χ0v) is 12.8. The number of nitrogens with one attached hydrogen (secondary N) is 1. The zero-order valence-electron chi connectivity index (χ0n) is 12.8. The summed E-state index contributed by atoms with van der Waals surface area (Å²) in [5.41, 5.74) is 1.22. The average Bonchev–Trinajstić information content (AvgIpc) is 2.41. The molecule has 2 rings (SSSR count). The van der Waals surface area contributed by atoms with E-state index in [0.29, 0.717) is 32.6 Å². The number of amides is 1. The molecule has 0 radical (unpaired) electrons. The molecule has 116 valence electrons. The van der Waals surface area contributed by atoms with Gasteiger partial charge in [-0.15, -0.1) is 0 Å². The number of nitrogens with zero attached hydrogens (tertiary/aromatic N) is 1. The van der Waals surface area contributed by atoms with Crippen molar-refractivity contribution in [1.29, 1.82) is 0 Å². The van der Waals surface area contributed by atoms with E-state index in [2.05, 4.69) is 5.32 Å². The molecule has 1 amide bonds. The summed E-state index contributed by atoms with van der Waals surface area (Å²) in [6.45, 7) is 3.92. The number of carbonyl (C=O) groups excluding carboxylic acids is 1. The number of benzene rings is 1. The lowest BCUT2D eigenvalue weighted by Crippen LogP contribution is -2.47. The molecule has 0 spiro atoms. The molecule has 5 heteroatoms. The predicted octanol–water partition coefficient (Wildman–Crippen LogP) is 1.41. The molecule has 0 bridgehead atoms. The number of ether oxygens (including phenoxy) is 1. The smallest absolute Gasteiger partial charge is 0.238 e. The van der Waals surface area contributed by atoms with E-state index in [0.717, 1.165) is 11.3 Å². The van der Waals surface area contributed by atoms with Gasteiger partial charge in [-0.05, 0) is 26.1 Å². The zero-order chi connectivity index (χ0) is 15.3. The Morgan fingerprint density at radius 3 is 2.57 bits per heavy atom. The summed E-state index contributed by atoms with van der Waals surface area (Å²) in [7, 11) is 1.85. The van der Waals surface area contributed by atoms with Crippen LogP contribution in [0.2, 0.25) is 0 Å². The van der Waals surface area contributed by atoms with Crippen LogP contribution in [0.1, 0.15) is 18.4 Å². The third-order valence-corrected chi connectivity index (χ3v) is 3.74. The van der Waals surface area contributed by atoms with Crippen LogP contribution in [0.15, 0.2) is 24.3 Å². The van der Waals surface area contributed by atoms with Gasteiger partial charge in [0.1, 0.15) is 0 Å². The van der Waals surface area contributed by atoms with Gasteiger partial charge in [-0.2, -0.15) is 0 Å². The SMILES string of the molecule is Cc1ccc(NC(=O)CN(C)CC2(O)CCOCC2)cc1. The monoisotopic (exact) mass is 292 g/mol. The number of hydrogen-bond acceptors (Lipinski definition) is 4. The summed E-state index contributed by atoms with van der Waals surface area (Å²) in [6, 6.07) is 7.70. The molecule has 1 heterocycles. The molecule has 21 heavy (non-hydrogen) atoms. The number of hydrogen-bond donors (Lipinski definition) is 2. The van der Waals surface area contributed by atoms with E-state index in [1.165, 1.54) is 0 Å². The van der Waals surface area contributed by atoms with Gasteiger partial charge in [0.15, 0.2) is 0 Å². The van der Waals surface area contributed by atoms with Crippen LogP contribution >= 0.6 is 0 Å². The molecule has 0 atom stereocenters. The summed E-state index contributed by atoms with van der Waals surface area (Å²) < 4.78 is 5.26. The fourth-order valence-corrected chi connectivity index (χ4v) is 2.55. The number of aliphatic hydroxyl groups is 1. The van der Waals surface area contributed by atoms with Gasteiger partial charge in [-0.1, -0.05) is 17.7 Å². The van der Waals surface area contributed by atoms with Crippen molar-refractivity contribution in [2.75, 3.05) is 38.7 Å². The van der Waals surface area contributed by atoms with E-state index in [1.54, 1.807) is 0 Å². The van der Waals surface area contributed by atoms with Crippen molar-refractivity contribution in [3.05, 3.63) is 29.8 Å². The number of aryl methyl sites for hydroxylation is 1. The second-order valence-electron chi connectivity index (χ2n) is 5.92. The minimum Gasteiger partial charge on any atom is -0.388 e. The van der Waals surface area contributed by atoms with Crippen LogP contribution in [0.3, 0.4) is 0 Å². The Labute approximate surface area is 125 Å². The summed E-state index contributed by atoms with van der Waals surface area (Å²) in [4.78, 5) is 13.9. The number of anilines is 1. The van der Waals surface area contributed by atoms with Crippen molar-refractivity contribution in [3.63, 3.8) is 0 Å². The van der Waals surface area contributed by atoms with Gasteiger partial charge in [0.25, 0.3) is 0 Å². The van der Waals surface area contributed by atoms with E-state index < -0.39 is 5.60 Å². The van der Waals surface area contributed by atoms with E-state index in [9.17, 15) is 9.90 Å². The number of rotatable bonds is 5. The largest absolute Gasteiger partial charge is 0.388 e. The van der Waals surface area contributed by atoms with E-state index in [1.807, 2.05) is 43.1 Å². The van der Waals surface area contributed by atoms with Crippen LogP contribution in [-0.4, -0.2) is 54.9 Å². The average molecular weight is 292 g/mol. The normalized spacial score (nSPS) is 17.7. The van der Waals surface area contributed by atoms with Gasteiger partial charge in [0.2, 0.25) is 5.91 Å². The highest BCUT2D eigenvalue weighted by Crippen LogP contribution is 2.21. The van der Waals surface area contributed by atoms with Gasteiger partial charge in [-0.25, -0.2) is 0 Å². The highest BCUT2D eigenvalue weighted by atomic mass is 16.5. The maximum atomic E-state index is 12.0. The van der Waals surface area contributed by atoms with Crippen LogP contribution in [0.25, 0.3) is 0 Å². The topological polar surface area (TPSA) is 61.8 Å². The van der Waals surface area contributed by atoms with E-state index >= 15 is 0 Å². The van der Waals surface area contributed by atoms with Gasteiger partial charge < -0.3 is 15.2 Å². The standard InChI is InChI=1S/C16H24N2O3/c1-13-3-5-14(6-4-13)17-15(19)11-18(2)12-16(20)7-9-21-10-8-16/h3-6,20H,7-12H2,1-2H3,(H,17,19). The Hall–Kier alpha value is -1.43. The molecule has 0 saturated carbocycles. The quantitative estimate of drug-likeness (QED) is 0.861. The van der Waals surface area contributed by atoms with Crippen molar-refractivity contribution in [2.24, 2.45) is 0 Å². The van der Waals surface area contributed by atoms with Crippen molar-refractivity contribution in [3.8, 4) is 0 Å². The maximum Gasteiger partial charge on any atom is 0.238 e. The second kappa shape index (κ2) is 7.02. The van der Waals surface area contributed by atoms with E-state index in [-0.39, 0.29) is 12.5 Å². The molecule has 1 aromatic carbocycles. The fraction of sp³-hybridized carbons (Fsp3) is 0.562. The van der Waals surface area contributed by atoms with Gasteiger partial charge in [0.05, 0.1) is 12.1 Å². The molecule has 2 N–H and O–H groups in total. The Kier molecular flexibility index (Phi) is 5.33. The number of carbonyl (C=O) groups is 1. The van der Waals surface area contributed by atoms with Gasteiger partial charge in [-0.3, -0.25) is 9.69 Å². The third-order valence-electron chi connectivity index (χ3n) is 3.74. The molecule has 0 unspecified atom stereocenters. The molecule has 0 aliphatic carbocycles. The molecule has 1 aliphatic rings. The van der Waals surface area contributed by atoms with Crippen LogP contribution < -0.4 is 5.32 Å². The molecule has 1 saturated heterocycles. The Morgan fingerprint density at radius 1 is 1.33 bits per heavy atom. The predicted molar refractivity (Wildman–Crippen MR) is 82.3 cm³/mol. The molecular formula is C16H24N2O3. The lowest BCUT2D eigenvalue weighted by atomic mass is 9.94. The van der Waals surface area contributed by atoms with Crippen molar-refractivity contribution >= 4 is 11.6 Å². The van der Waals surface area contributed by atoms with Crippen LogP contribution in [0.4, 0.5) is 5.69 Å². The highest BCUT2D eigenvalue weighted by Gasteiger charge is 2.31. The minimum absolute atomic E-state index is 0.0722. The van der Waals surface area contributed by atoms with Gasteiger partial charge >= 0.3 is 0 Å². The lowest BCUT2D eigenvalue weighted by Gasteiger charge is -2.35. The summed E-state index contributed by atoms with van der Waals surface area (Å²) in [5, 5.41) is 13.3. The number of likely N-dealkylation sites (N-methyl/N-ethyl adjacent to an activating group) is 1. The summed E-state index contributed by atoms with van der Waals surface area (Å²) in [6.07, 6.45) is 1.24. The lowest BCUT2D eigenvalue weighted by molar-refractivity contribution is -0.118. The third kappa shape index (κ3) is 5.12. The molecule has 1 fully saturated rings. The van der Waals surface area contributed by atoms with Crippen LogP contribution in [0, 0.1) is 6.92 Å². The second-order valence-corrected chi connectivity index (χ2v) is 5.92. The first-order valence-corrected chi connectivity index (χ1v) is 7.32. The van der Waals surface area contributed by atoms with Gasteiger partial charge in [0, 0.05) is 38.3 Å². The fourth-order valence-electron chi connectivity index (χ4n) is 2.55. The molecule has 1 aromatic rings. The minimum atomic E-state index is -0.739.